The molecule has 2 aliphatic rings. The van der Waals surface area contributed by atoms with E-state index in [9.17, 15) is 4.79 Å². The van der Waals surface area contributed by atoms with E-state index in [1.807, 2.05) is 11.9 Å². The van der Waals surface area contributed by atoms with Gasteiger partial charge in [0.25, 0.3) is 0 Å². The predicted molar refractivity (Wildman–Crippen MR) is 68.9 cm³/mol. The van der Waals surface area contributed by atoms with E-state index in [1.54, 1.807) is 6.92 Å². The molecule has 2 fully saturated rings. The van der Waals surface area contributed by atoms with Crippen LogP contribution in [0.4, 0.5) is 0 Å². The Hall–Kier alpha value is -0.610. The fraction of sp³-hybridized carbons (Fsp3) is 0.923. The lowest BCUT2D eigenvalue weighted by molar-refractivity contribution is -0.129. The molecule has 0 bridgehead atoms. The van der Waals surface area contributed by atoms with Gasteiger partial charge in [0.15, 0.2) is 0 Å². The summed E-state index contributed by atoms with van der Waals surface area (Å²) in [5, 5.41) is 0. The van der Waals surface area contributed by atoms with E-state index in [2.05, 4.69) is 16.8 Å². The zero-order chi connectivity index (χ0) is 12.4. The van der Waals surface area contributed by atoms with Crippen molar-refractivity contribution in [2.75, 3.05) is 40.3 Å². The van der Waals surface area contributed by atoms with E-state index in [0.717, 1.165) is 25.6 Å². The molecule has 4 heteroatoms. The zero-order valence-corrected chi connectivity index (χ0v) is 11.4. The average molecular weight is 239 g/mol. The molecule has 98 valence electrons. The van der Waals surface area contributed by atoms with Crippen LogP contribution < -0.4 is 0 Å². The summed E-state index contributed by atoms with van der Waals surface area (Å²) in [6.07, 6.45) is 3.71. The first-order chi connectivity index (χ1) is 8.08. The third kappa shape index (κ3) is 2.99. The average Bonchev–Trinajstić information content (AvgIpc) is 2.78. The van der Waals surface area contributed by atoms with Gasteiger partial charge in [-0.2, -0.15) is 0 Å². The molecule has 0 radical (unpaired) electrons. The van der Waals surface area contributed by atoms with E-state index in [0.29, 0.717) is 6.04 Å². The fourth-order valence-corrected chi connectivity index (χ4v) is 3.03. The molecule has 0 aromatic heterocycles. The van der Waals surface area contributed by atoms with Crippen LogP contribution >= 0.6 is 0 Å². The zero-order valence-electron chi connectivity index (χ0n) is 11.4. The summed E-state index contributed by atoms with van der Waals surface area (Å²) >= 11 is 0. The van der Waals surface area contributed by atoms with E-state index >= 15 is 0 Å². The lowest BCUT2D eigenvalue weighted by Crippen LogP contribution is -2.44. The van der Waals surface area contributed by atoms with Crippen LogP contribution in [0.1, 0.15) is 26.2 Å². The minimum absolute atomic E-state index is 0.195. The smallest absolute Gasteiger partial charge is 0.219 e. The van der Waals surface area contributed by atoms with E-state index in [-0.39, 0.29) is 5.91 Å². The molecule has 1 atom stereocenters. The molecule has 0 saturated carbocycles. The van der Waals surface area contributed by atoms with Crippen LogP contribution in [0.15, 0.2) is 0 Å². The molecule has 1 amide bonds. The van der Waals surface area contributed by atoms with Crippen LogP contribution in [0.3, 0.4) is 0 Å². The number of nitrogens with zero attached hydrogens (tertiary/aromatic N) is 3. The Labute approximate surface area is 105 Å². The summed E-state index contributed by atoms with van der Waals surface area (Å²) in [6, 6.07) is 1.18. The van der Waals surface area contributed by atoms with Gasteiger partial charge in [-0.1, -0.05) is 0 Å². The first-order valence-corrected chi connectivity index (χ1v) is 6.74. The van der Waals surface area contributed by atoms with Crippen molar-refractivity contribution >= 4 is 5.91 Å². The Kier molecular flexibility index (Phi) is 4.05. The highest BCUT2D eigenvalue weighted by Gasteiger charge is 2.32. The van der Waals surface area contributed by atoms with Gasteiger partial charge in [-0.25, -0.2) is 0 Å². The molecular formula is C13H25N3O. The number of hydrogen-bond acceptors (Lipinski definition) is 3. The van der Waals surface area contributed by atoms with Gasteiger partial charge >= 0.3 is 0 Å². The summed E-state index contributed by atoms with van der Waals surface area (Å²) in [5.74, 6) is 0.195. The number of likely N-dealkylation sites (tertiary alicyclic amines) is 2. The summed E-state index contributed by atoms with van der Waals surface area (Å²) in [5.41, 5.74) is 0. The highest BCUT2D eigenvalue weighted by molar-refractivity contribution is 5.73. The van der Waals surface area contributed by atoms with Crippen LogP contribution in [-0.2, 0) is 4.79 Å². The van der Waals surface area contributed by atoms with Crippen molar-refractivity contribution < 1.29 is 4.79 Å². The molecule has 2 aliphatic heterocycles. The molecule has 2 heterocycles. The molecule has 0 spiro atoms. The number of hydrogen-bond donors (Lipinski definition) is 0. The summed E-state index contributed by atoms with van der Waals surface area (Å²) in [7, 11) is 4.14. The SMILES string of the molecule is CC(=O)N(C)[C@@H]1CCN(C2CCN(C)CC2)C1. The number of piperidine rings is 1. The van der Waals surface area contributed by atoms with Crippen LogP contribution in [0.2, 0.25) is 0 Å². The van der Waals surface area contributed by atoms with Crippen molar-refractivity contribution in [2.45, 2.75) is 38.3 Å². The highest BCUT2D eigenvalue weighted by Crippen LogP contribution is 2.22. The number of amides is 1. The van der Waals surface area contributed by atoms with Gasteiger partial charge in [0.05, 0.1) is 0 Å². The van der Waals surface area contributed by atoms with Crippen LogP contribution in [0.5, 0.6) is 0 Å². The predicted octanol–water partition coefficient (Wildman–Crippen LogP) is 0.633. The standard InChI is InChI=1S/C13H25N3O/c1-11(17)15(3)13-6-9-16(10-13)12-4-7-14(2)8-5-12/h12-13H,4-10H2,1-3H3/t13-/m1/s1. The van der Waals surface area contributed by atoms with Crippen molar-refractivity contribution in [3.8, 4) is 0 Å². The summed E-state index contributed by atoms with van der Waals surface area (Å²) in [4.78, 5) is 18.3. The molecule has 2 saturated heterocycles. The van der Waals surface area contributed by atoms with Gasteiger partial charge in [0.1, 0.15) is 0 Å². The second kappa shape index (κ2) is 5.36. The van der Waals surface area contributed by atoms with E-state index in [4.69, 9.17) is 0 Å². The largest absolute Gasteiger partial charge is 0.342 e. The maximum Gasteiger partial charge on any atom is 0.219 e. The molecule has 4 nitrogen and oxygen atoms in total. The van der Waals surface area contributed by atoms with Crippen molar-refractivity contribution in [1.82, 2.24) is 14.7 Å². The fourth-order valence-electron chi connectivity index (χ4n) is 3.03. The molecule has 2 rings (SSSR count). The van der Waals surface area contributed by atoms with Crippen LogP contribution in [-0.4, -0.2) is 73.0 Å². The lowest BCUT2D eigenvalue weighted by Gasteiger charge is -2.35. The van der Waals surface area contributed by atoms with Gasteiger partial charge < -0.3 is 9.80 Å². The number of carbonyl (C=O) groups is 1. The second-order valence-corrected chi connectivity index (χ2v) is 5.60. The topological polar surface area (TPSA) is 26.8 Å². The van der Waals surface area contributed by atoms with E-state index < -0.39 is 0 Å². The summed E-state index contributed by atoms with van der Waals surface area (Å²) < 4.78 is 0. The maximum atomic E-state index is 11.4. The van der Waals surface area contributed by atoms with Gasteiger partial charge in [0, 0.05) is 39.1 Å². The van der Waals surface area contributed by atoms with Crippen LogP contribution in [0.25, 0.3) is 0 Å². The number of likely N-dealkylation sites (N-methyl/N-ethyl adjacent to an activating group) is 1. The third-order valence-electron chi connectivity index (χ3n) is 4.44. The van der Waals surface area contributed by atoms with Crippen LogP contribution in [0, 0.1) is 0 Å². The van der Waals surface area contributed by atoms with Gasteiger partial charge in [-0.05, 0) is 39.4 Å². The highest BCUT2D eigenvalue weighted by atomic mass is 16.2. The van der Waals surface area contributed by atoms with Crippen molar-refractivity contribution in [3.63, 3.8) is 0 Å². The number of rotatable bonds is 2. The quantitative estimate of drug-likeness (QED) is 0.707. The first kappa shape index (κ1) is 12.8. The Morgan fingerprint density at radius 1 is 1.18 bits per heavy atom. The maximum absolute atomic E-state index is 11.4. The van der Waals surface area contributed by atoms with Crippen molar-refractivity contribution in [1.29, 1.82) is 0 Å². The molecule has 0 aliphatic carbocycles. The Balaban J connectivity index is 1.83. The van der Waals surface area contributed by atoms with Gasteiger partial charge in [-0.15, -0.1) is 0 Å². The molecule has 0 aromatic rings. The summed E-state index contributed by atoms with van der Waals surface area (Å²) in [6.45, 7) is 6.34. The normalized spacial score (nSPS) is 28.5. The Morgan fingerprint density at radius 2 is 1.82 bits per heavy atom. The van der Waals surface area contributed by atoms with Gasteiger partial charge in [0.2, 0.25) is 5.91 Å². The van der Waals surface area contributed by atoms with Crippen molar-refractivity contribution in [2.24, 2.45) is 0 Å². The lowest BCUT2D eigenvalue weighted by atomic mass is 10.0. The third-order valence-corrected chi connectivity index (χ3v) is 4.44. The molecule has 0 N–H and O–H groups in total. The Morgan fingerprint density at radius 3 is 2.41 bits per heavy atom. The molecule has 0 aromatic carbocycles. The van der Waals surface area contributed by atoms with Gasteiger partial charge in [-0.3, -0.25) is 9.69 Å². The number of carbonyl (C=O) groups excluding carboxylic acids is 1. The minimum atomic E-state index is 0.195. The monoisotopic (exact) mass is 239 g/mol. The van der Waals surface area contributed by atoms with Crippen molar-refractivity contribution in [3.05, 3.63) is 0 Å². The Bertz CT molecular complexity index is 274. The molecule has 0 unspecified atom stereocenters. The molecular weight excluding hydrogens is 214 g/mol. The first-order valence-electron chi connectivity index (χ1n) is 6.74. The molecule has 17 heavy (non-hydrogen) atoms. The minimum Gasteiger partial charge on any atom is -0.342 e. The second-order valence-electron chi connectivity index (χ2n) is 5.60. The van der Waals surface area contributed by atoms with E-state index in [1.165, 1.54) is 25.9 Å².